The number of hydrogen-bond acceptors (Lipinski definition) is 0. The van der Waals surface area contributed by atoms with Crippen LogP contribution in [0.2, 0.25) is 0 Å². The fourth-order valence-electron chi connectivity index (χ4n) is 6.17. The lowest BCUT2D eigenvalue weighted by Crippen LogP contribution is -2.38. The van der Waals surface area contributed by atoms with E-state index < -0.39 is 0 Å². The van der Waals surface area contributed by atoms with Gasteiger partial charge >= 0.3 is 0 Å². The first kappa shape index (κ1) is 15.2. The molecular formula is C23H30. The van der Waals surface area contributed by atoms with Gasteiger partial charge in [0.2, 0.25) is 0 Å². The van der Waals surface area contributed by atoms with Gasteiger partial charge in [-0.1, -0.05) is 50.6 Å². The van der Waals surface area contributed by atoms with Crippen molar-refractivity contribution in [1.29, 1.82) is 0 Å². The summed E-state index contributed by atoms with van der Waals surface area (Å²) in [7, 11) is 0. The minimum atomic E-state index is 0.386. The maximum atomic E-state index is 2.60. The second-order valence-electron chi connectivity index (χ2n) is 8.38. The Labute approximate surface area is 141 Å². The van der Waals surface area contributed by atoms with Gasteiger partial charge in [0.05, 0.1) is 0 Å². The number of aryl methyl sites for hydroxylation is 2. The highest BCUT2D eigenvalue weighted by molar-refractivity contribution is 5.92. The molecule has 2 saturated carbocycles. The summed E-state index contributed by atoms with van der Waals surface area (Å²) in [4.78, 5) is 0. The van der Waals surface area contributed by atoms with Crippen molar-refractivity contribution < 1.29 is 0 Å². The predicted molar refractivity (Wildman–Crippen MR) is 100 cm³/mol. The molecule has 0 nitrogen and oxygen atoms in total. The monoisotopic (exact) mass is 306 g/mol. The third-order valence-electron chi connectivity index (χ3n) is 7.31. The molecular weight excluding hydrogens is 276 g/mol. The summed E-state index contributed by atoms with van der Waals surface area (Å²) < 4.78 is 0. The Morgan fingerprint density at radius 1 is 1.04 bits per heavy atom. The van der Waals surface area contributed by atoms with Gasteiger partial charge in [-0.05, 0) is 90.2 Å². The fraction of sp³-hybridized carbons (Fsp3) is 0.565. The van der Waals surface area contributed by atoms with E-state index in [2.05, 4.69) is 58.0 Å². The van der Waals surface area contributed by atoms with Crippen LogP contribution in [-0.2, 0) is 5.41 Å². The highest BCUT2D eigenvalue weighted by Gasteiger charge is 2.55. The van der Waals surface area contributed by atoms with Crippen LogP contribution in [0.25, 0.3) is 10.8 Å². The summed E-state index contributed by atoms with van der Waals surface area (Å²) in [6, 6.07) is 11.7. The van der Waals surface area contributed by atoms with E-state index in [1.165, 1.54) is 48.6 Å². The SMILES string of the molecule is CCCC1C2CCC(C2)C1(C)c1ccc(C)c2cccc(C)c12. The van der Waals surface area contributed by atoms with Crippen LogP contribution in [0.3, 0.4) is 0 Å². The van der Waals surface area contributed by atoms with Crippen LogP contribution in [0.5, 0.6) is 0 Å². The molecule has 2 aromatic rings. The van der Waals surface area contributed by atoms with Crippen LogP contribution in [0, 0.1) is 31.6 Å². The van der Waals surface area contributed by atoms with Gasteiger partial charge in [0, 0.05) is 0 Å². The Hall–Kier alpha value is -1.30. The molecule has 2 aliphatic carbocycles. The molecule has 0 saturated heterocycles. The van der Waals surface area contributed by atoms with E-state index in [1.54, 1.807) is 10.9 Å². The fourth-order valence-corrected chi connectivity index (χ4v) is 6.17. The smallest absolute Gasteiger partial charge is 0.000983 e. The van der Waals surface area contributed by atoms with Crippen LogP contribution in [-0.4, -0.2) is 0 Å². The molecule has 0 heterocycles. The third-order valence-corrected chi connectivity index (χ3v) is 7.31. The van der Waals surface area contributed by atoms with Crippen LogP contribution in [0.4, 0.5) is 0 Å². The van der Waals surface area contributed by atoms with E-state index in [1.807, 2.05) is 0 Å². The number of benzene rings is 2. The Kier molecular flexibility index (Phi) is 3.55. The quantitative estimate of drug-likeness (QED) is 0.602. The van der Waals surface area contributed by atoms with Crippen LogP contribution < -0.4 is 0 Å². The second kappa shape index (κ2) is 5.36. The first-order chi connectivity index (χ1) is 11.1. The second-order valence-corrected chi connectivity index (χ2v) is 8.38. The molecule has 4 unspecified atom stereocenters. The summed E-state index contributed by atoms with van der Waals surface area (Å²) in [6.45, 7) is 9.54. The minimum Gasteiger partial charge on any atom is -0.0654 e. The van der Waals surface area contributed by atoms with E-state index in [9.17, 15) is 0 Å². The molecule has 2 aliphatic rings. The van der Waals surface area contributed by atoms with E-state index in [0.717, 1.165) is 17.8 Å². The summed E-state index contributed by atoms with van der Waals surface area (Å²) in [5, 5.41) is 3.03. The van der Waals surface area contributed by atoms with Gasteiger partial charge in [-0.3, -0.25) is 0 Å². The molecule has 0 aliphatic heterocycles. The molecule has 0 spiro atoms. The number of fused-ring (bicyclic) bond motifs is 3. The average Bonchev–Trinajstić information content (AvgIpc) is 3.11. The van der Waals surface area contributed by atoms with Crippen LogP contribution >= 0.6 is 0 Å². The lowest BCUT2D eigenvalue weighted by molar-refractivity contribution is 0.177. The summed E-state index contributed by atoms with van der Waals surface area (Å²) in [5.41, 5.74) is 4.92. The average molecular weight is 306 g/mol. The Bertz CT molecular complexity index is 741. The molecule has 4 atom stereocenters. The van der Waals surface area contributed by atoms with Crippen molar-refractivity contribution in [3.8, 4) is 0 Å². The number of hydrogen-bond donors (Lipinski definition) is 0. The zero-order valence-corrected chi connectivity index (χ0v) is 15.2. The van der Waals surface area contributed by atoms with Gasteiger partial charge in [-0.15, -0.1) is 0 Å². The van der Waals surface area contributed by atoms with Crippen molar-refractivity contribution in [2.75, 3.05) is 0 Å². The van der Waals surface area contributed by atoms with Crippen molar-refractivity contribution in [1.82, 2.24) is 0 Å². The Morgan fingerprint density at radius 3 is 2.65 bits per heavy atom. The number of rotatable bonds is 3. The maximum absolute atomic E-state index is 2.60. The van der Waals surface area contributed by atoms with Gasteiger partial charge in [0.1, 0.15) is 0 Å². The molecule has 23 heavy (non-hydrogen) atoms. The first-order valence-corrected chi connectivity index (χ1v) is 9.56. The topological polar surface area (TPSA) is 0 Å². The molecule has 0 heteroatoms. The van der Waals surface area contributed by atoms with Gasteiger partial charge in [0.25, 0.3) is 0 Å². The highest BCUT2D eigenvalue weighted by Crippen LogP contribution is 2.62. The van der Waals surface area contributed by atoms with Gasteiger partial charge in [-0.25, -0.2) is 0 Å². The standard InChI is InChI=1S/C23H30/c1-5-7-20-17-11-12-18(14-17)23(20,4)21-13-10-15(2)19-9-6-8-16(3)22(19)21/h6,8-10,13,17-18,20H,5,7,11-12,14H2,1-4H3. The Balaban J connectivity index is 1.96. The van der Waals surface area contributed by atoms with Crippen LogP contribution in [0.15, 0.2) is 30.3 Å². The lowest BCUT2D eigenvalue weighted by Gasteiger charge is -2.43. The molecule has 0 amide bonds. The summed E-state index contributed by atoms with van der Waals surface area (Å²) >= 11 is 0. The van der Waals surface area contributed by atoms with E-state index in [-0.39, 0.29) is 0 Å². The lowest BCUT2D eigenvalue weighted by atomic mass is 9.61. The van der Waals surface area contributed by atoms with E-state index >= 15 is 0 Å². The van der Waals surface area contributed by atoms with Crippen molar-refractivity contribution in [2.24, 2.45) is 17.8 Å². The molecule has 122 valence electrons. The highest BCUT2D eigenvalue weighted by atomic mass is 14.6. The van der Waals surface area contributed by atoms with Crippen molar-refractivity contribution in [3.05, 3.63) is 47.0 Å². The molecule has 0 radical (unpaired) electrons. The molecule has 2 fully saturated rings. The molecule has 0 N–H and O–H groups in total. The van der Waals surface area contributed by atoms with Crippen molar-refractivity contribution in [2.45, 2.75) is 65.2 Å². The van der Waals surface area contributed by atoms with E-state index in [0.29, 0.717) is 5.41 Å². The van der Waals surface area contributed by atoms with Crippen molar-refractivity contribution >= 4 is 10.8 Å². The maximum Gasteiger partial charge on any atom is -0.000983 e. The van der Waals surface area contributed by atoms with Gasteiger partial charge in [0.15, 0.2) is 0 Å². The minimum absolute atomic E-state index is 0.386. The summed E-state index contributed by atoms with van der Waals surface area (Å²) in [6.07, 6.45) is 7.13. The molecule has 0 aromatic heterocycles. The Morgan fingerprint density at radius 2 is 1.87 bits per heavy atom. The summed E-state index contributed by atoms with van der Waals surface area (Å²) in [5.74, 6) is 2.76. The van der Waals surface area contributed by atoms with Gasteiger partial charge < -0.3 is 0 Å². The molecule has 2 bridgehead atoms. The van der Waals surface area contributed by atoms with Crippen LogP contribution in [0.1, 0.15) is 62.6 Å². The molecule has 4 rings (SSSR count). The third kappa shape index (κ3) is 2.03. The molecule has 2 aromatic carbocycles. The van der Waals surface area contributed by atoms with E-state index in [4.69, 9.17) is 0 Å². The first-order valence-electron chi connectivity index (χ1n) is 9.56. The normalized spacial score (nSPS) is 32.8. The zero-order valence-electron chi connectivity index (χ0n) is 15.2. The van der Waals surface area contributed by atoms with Crippen molar-refractivity contribution in [3.63, 3.8) is 0 Å². The largest absolute Gasteiger partial charge is 0.0654 e. The predicted octanol–water partition coefficient (Wildman–Crippen LogP) is 6.56. The van der Waals surface area contributed by atoms with Gasteiger partial charge in [-0.2, -0.15) is 0 Å². The zero-order chi connectivity index (χ0) is 16.2.